The Morgan fingerprint density at radius 3 is 2.42 bits per heavy atom. The summed E-state index contributed by atoms with van der Waals surface area (Å²) in [5.74, 6) is 0.105. The third kappa shape index (κ3) is 3.47. The molecule has 1 aromatic carbocycles. The average molecular weight is 265 g/mol. The van der Waals surface area contributed by atoms with E-state index in [9.17, 15) is 4.39 Å². The second-order valence-corrected chi connectivity index (χ2v) is 6.13. The first-order valence-corrected chi connectivity index (χ1v) is 7.13. The van der Waals surface area contributed by atoms with Crippen LogP contribution in [-0.2, 0) is 5.41 Å². The molecule has 0 saturated heterocycles. The molecule has 3 heteroatoms. The molecule has 1 aliphatic carbocycles. The molecule has 106 valence electrons. The number of hydrogen-bond donors (Lipinski definition) is 1. The minimum absolute atomic E-state index is 0.00200. The molecule has 0 amide bonds. The van der Waals surface area contributed by atoms with E-state index in [0.29, 0.717) is 11.8 Å². The lowest BCUT2D eigenvalue weighted by Gasteiger charge is -2.19. The van der Waals surface area contributed by atoms with Gasteiger partial charge in [-0.3, -0.25) is 0 Å². The van der Waals surface area contributed by atoms with Gasteiger partial charge in [0.05, 0.1) is 6.10 Å². The van der Waals surface area contributed by atoms with Gasteiger partial charge in [0.15, 0.2) is 11.6 Å². The third-order valence-corrected chi connectivity index (χ3v) is 3.61. The van der Waals surface area contributed by atoms with Crippen molar-refractivity contribution in [3.63, 3.8) is 0 Å². The molecule has 1 aromatic rings. The SMILES string of the molecule is CC(C)NCC1(c2ccc(OC(C)C)c(F)c2)CC1. The standard InChI is InChI=1S/C16H24FNO/c1-11(2)18-10-16(7-8-16)13-5-6-15(14(17)9-13)19-12(3)4/h5-6,9,11-12,18H,7-8,10H2,1-4H3. The van der Waals surface area contributed by atoms with Crippen molar-refractivity contribution in [2.24, 2.45) is 0 Å². The molecule has 1 fully saturated rings. The van der Waals surface area contributed by atoms with Crippen molar-refractivity contribution in [2.75, 3.05) is 6.54 Å². The van der Waals surface area contributed by atoms with E-state index in [-0.39, 0.29) is 17.3 Å². The van der Waals surface area contributed by atoms with E-state index >= 15 is 0 Å². The van der Waals surface area contributed by atoms with Gasteiger partial charge in [-0.05, 0) is 44.4 Å². The minimum atomic E-state index is -0.248. The molecule has 0 bridgehead atoms. The Balaban J connectivity index is 2.11. The highest BCUT2D eigenvalue weighted by molar-refractivity contribution is 5.37. The molecule has 0 aromatic heterocycles. The van der Waals surface area contributed by atoms with Crippen molar-refractivity contribution < 1.29 is 9.13 Å². The molecule has 0 radical (unpaired) electrons. The lowest BCUT2D eigenvalue weighted by Crippen LogP contribution is -2.32. The van der Waals surface area contributed by atoms with E-state index in [0.717, 1.165) is 24.9 Å². The number of rotatable bonds is 6. The lowest BCUT2D eigenvalue weighted by molar-refractivity contribution is 0.231. The highest BCUT2D eigenvalue weighted by atomic mass is 19.1. The number of nitrogens with one attached hydrogen (secondary N) is 1. The predicted molar refractivity (Wildman–Crippen MR) is 76.2 cm³/mol. The molecular formula is C16H24FNO. The summed E-state index contributed by atoms with van der Waals surface area (Å²) in [7, 11) is 0. The first-order valence-electron chi connectivity index (χ1n) is 7.13. The van der Waals surface area contributed by atoms with E-state index < -0.39 is 0 Å². The summed E-state index contributed by atoms with van der Waals surface area (Å²) >= 11 is 0. The molecule has 2 nitrogen and oxygen atoms in total. The van der Waals surface area contributed by atoms with Crippen LogP contribution in [0.5, 0.6) is 5.75 Å². The number of ether oxygens (including phenoxy) is 1. The second kappa shape index (κ2) is 5.49. The van der Waals surface area contributed by atoms with Gasteiger partial charge < -0.3 is 10.1 Å². The van der Waals surface area contributed by atoms with E-state index in [2.05, 4.69) is 19.2 Å². The monoisotopic (exact) mass is 265 g/mol. The van der Waals surface area contributed by atoms with Crippen molar-refractivity contribution >= 4 is 0 Å². The van der Waals surface area contributed by atoms with E-state index in [1.54, 1.807) is 12.1 Å². The molecule has 2 rings (SSSR count). The average Bonchev–Trinajstić information content (AvgIpc) is 3.10. The second-order valence-electron chi connectivity index (χ2n) is 6.13. The molecule has 1 aliphatic rings. The zero-order valence-electron chi connectivity index (χ0n) is 12.3. The summed E-state index contributed by atoms with van der Waals surface area (Å²) in [5.41, 5.74) is 1.23. The van der Waals surface area contributed by atoms with Crippen LogP contribution in [-0.4, -0.2) is 18.7 Å². The van der Waals surface area contributed by atoms with Crippen molar-refractivity contribution in [2.45, 2.75) is 58.1 Å². The summed E-state index contributed by atoms with van der Waals surface area (Å²) in [4.78, 5) is 0. The predicted octanol–water partition coefficient (Wildman–Crippen LogP) is 3.64. The van der Waals surface area contributed by atoms with Crippen molar-refractivity contribution in [3.05, 3.63) is 29.6 Å². The quantitative estimate of drug-likeness (QED) is 0.848. The summed E-state index contributed by atoms with van der Waals surface area (Å²) in [6.45, 7) is 9.01. The van der Waals surface area contributed by atoms with Gasteiger partial charge in [-0.25, -0.2) is 4.39 Å². The molecule has 0 heterocycles. The Bertz CT molecular complexity index is 438. The largest absolute Gasteiger partial charge is 0.488 e. The van der Waals surface area contributed by atoms with Crippen molar-refractivity contribution in [1.29, 1.82) is 0 Å². The Kier molecular flexibility index (Phi) is 4.14. The van der Waals surface area contributed by atoms with Crippen LogP contribution >= 0.6 is 0 Å². The number of halogens is 1. The van der Waals surface area contributed by atoms with Crippen LogP contribution in [0.3, 0.4) is 0 Å². The van der Waals surface area contributed by atoms with Crippen LogP contribution in [0.1, 0.15) is 46.1 Å². The molecule has 0 unspecified atom stereocenters. The summed E-state index contributed by atoms with van der Waals surface area (Å²) in [6.07, 6.45) is 2.27. The van der Waals surface area contributed by atoms with Crippen LogP contribution in [0.4, 0.5) is 4.39 Å². The smallest absolute Gasteiger partial charge is 0.165 e. The van der Waals surface area contributed by atoms with Gasteiger partial charge in [0.1, 0.15) is 0 Å². The van der Waals surface area contributed by atoms with E-state index in [1.165, 1.54) is 0 Å². The van der Waals surface area contributed by atoms with Crippen LogP contribution in [0.2, 0.25) is 0 Å². The van der Waals surface area contributed by atoms with Gasteiger partial charge >= 0.3 is 0 Å². The summed E-state index contributed by atoms with van der Waals surface area (Å²) in [6, 6.07) is 5.88. The molecule has 0 aliphatic heterocycles. The van der Waals surface area contributed by atoms with Gasteiger partial charge in [0.25, 0.3) is 0 Å². The van der Waals surface area contributed by atoms with Crippen molar-refractivity contribution in [1.82, 2.24) is 5.32 Å². The molecule has 19 heavy (non-hydrogen) atoms. The van der Waals surface area contributed by atoms with Gasteiger partial charge in [-0.15, -0.1) is 0 Å². The fourth-order valence-corrected chi connectivity index (χ4v) is 2.30. The van der Waals surface area contributed by atoms with Crippen LogP contribution in [0.15, 0.2) is 18.2 Å². The molecule has 1 N–H and O–H groups in total. The first kappa shape index (κ1) is 14.3. The Hall–Kier alpha value is -1.09. The Labute approximate surface area is 115 Å². The molecule has 0 atom stereocenters. The zero-order valence-corrected chi connectivity index (χ0v) is 12.3. The fraction of sp³-hybridized carbons (Fsp3) is 0.625. The maximum Gasteiger partial charge on any atom is 0.165 e. The van der Waals surface area contributed by atoms with Crippen LogP contribution in [0.25, 0.3) is 0 Å². The maximum atomic E-state index is 14.0. The number of hydrogen-bond acceptors (Lipinski definition) is 2. The highest BCUT2D eigenvalue weighted by Crippen LogP contribution is 2.48. The topological polar surface area (TPSA) is 21.3 Å². The molecular weight excluding hydrogens is 241 g/mol. The van der Waals surface area contributed by atoms with Crippen LogP contribution < -0.4 is 10.1 Å². The van der Waals surface area contributed by atoms with Crippen molar-refractivity contribution in [3.8, 4) is 5.75 Å². The van der Waals surface area contributed by atoms with E-state index in [4.69, 9.17) is 4.74 Å². The number of benzene rings is 1. The molecule has 1 saturated carbocycles. The zero-order chi connectivity index (χ0) is 14.0. The minimum Gasteiger partial charge on any atom is -0.488 e. The fourth-order valence-electron chi connectivity index (χ4n) is 2.30. The first-order chi connectivity index (χ1) is 8.93. The normalized spacial score (nSPS) is 17.0. The van der Waals surface area contributed by atoms with Gasteiger partial charge in [-0.2, -0.15) is 0 Å². The Morgan fingerprint density at radius 2 is 1.95 bits per heavy atom. The maximum absolute atomic E-state index is 14.0. The van der Waals surface area contributed by atoms with E-state index in [1.807, 2.05) is 19.9 Å². The lowest BCUT2D eigenvalue weighted by atomic mass is 9.95. The van der Waals surface area contributed by atoms with Gasteiger partial charge in [0.2, 0.25) is 0 Å². The summed E-state index contributed by atoms with van der Waals surface area (Å²) < 4.78 is 19.5. The molecule has 0 spiro atoms. The van der Waals surface area contributed by atoms with Gasteiger partial charge in [0, 0.05) is 18.0 Å². The highest BCUT2D eigenvalue weighted by Gasteiger charge is 2.44. The Morgan fingerprint density at radius 1 is 1.26 bits per heavy atom. The summed E-state index contributed by atoms with van der Waals surface area (Å²) in [5, 5.41) is 3.46. The third-order valence-electron chi connectivity index (χ3n) is 3.61. The van der Waals surface area contributed by atoms with Gasteiger partial charge in [-0.1, -0.05) is 19.9 Å². The van der Waals surface area contributed by atoms with Crippen LogP contribution in [0, 0.1) is 5.82 Å².